The van der Waals surface area contributed by atoms with Crippen LogP contribution in [0, 0.1) is 0 Å². The monoisotopic (exact) mass is 200 g/mol. The van der Waals surface area contributed by atoms with E-state index in [0.717, 1.165) is 0 Å². The second kappa shape index (κ2) is 4.60. The summed E-state index contributed by atoms with van der Waals surface area (Å²) >= 11 is 0. The molecule has 1 heteroatoms. The molecular formula is C12H25P. The molecule has 78 valence electrons. The molecule has 0 aromatic heterocycles. The molecule has 0 aliphatic heterocycles. The minimum absolute atomic E-state index is 0.0646. The molecule has 0 radical (unpaired) electrons. The first-order valence-corrected chi connectivity index (χ1v) is 6.61. The maximum Gasteiger partial charge on any atom is -0.0135 e. The summed E-state index contributed by atoms with van der Waals surface area (Å²) < 4.78 is 0. The topological polar surface area (TPSA) is 0 Å². The molecule has 0 heterocycles. The first kappa shape index (κ1) is 13.2. The summed E-state index contributed by atoms with van der Waals surface area (Å²) in [6.07, 6.45) is 5.76. The molecule has 0 unspecified atom stereocenters. The number of hydrogen-bond acceptors (Lipinski definition) is 0. The van der Waals surface area contributed by atoms with Crippen molar-refractivity contribution in [3.05, 3.63) is 12.2 Å². The molecule has 13 heavy (non-hydrogen) atoms. The second-order valence-corrected chi connectivity index (χ2v) is 9.43. The summed E-state index contributed by atoms with van der Waals surface area (Å²) in [5.74, 6) is 0. The largest absolute Gasteiger partial charge is 0.0918 e. The van der Waals surface area contributed by atoms with Gasteiger partial charge in [-0.1, -0.05) is 61.6 Å². The Labute approximate surface area is 85.6 Å². The van der Waals surface area contributed by atoms with E-state index in [1.165, 1.54) is 6.16 Å². The number of hydrogen-bond donors (Lipinski definition) is 0. The summed E-state index contributed by atoms with van der Waals surface area (Å²) in [6.45, 7) is 16.3. The predicted octanol–water partition coefficient (Wildman–Crippen LogP) is 4.64. The lowest BCUT2D eigenvalue weighted by atomic mass is 10.2. The summed E-state index contributed by atoms with van der Waals surface area (Å²) in [4.78, 5) is 0. The van der Waals surface area contributed by atoms with E-state index in [1.807, 2.05) is 0 Å². The van der Waals surface area contributed by atoms with Crippen LogP contribution in [0.4, 0.5) is 0 Å². The van der Waals surface area contributed by atoms with Gasteiger partial charge in [0.1, 0.15) is 0 Å². The van der Waals surface area contributed by atoms with Gasteiger partial charge >= 0.3 is 0 Å². The Bertz CT molecular complexity index is 153. The maximum atomic E-state index is 2.37. The van der Waals surface area contributed by atoms with Crippen LogP contribution >= 0.6 is 7.92 Å². The third kappa shape index (κ3) is 4.81. The first-order valence-electron chi connectivity index (χ1n) is 5.08. The minimum Gasteiger partial charge on any atom is -0.0918 e. The van der Waals surface area contributed by atoms with Crippen molar-refractivity contribution in [2.24, 2.45) is 0 Å². The van der Waals surface area contributed by atoms with Gasteiger partial charge in [-0.25, -0.2) is 0 Å². The number of allylic oxidation sites excluding steroid dienone is 2. The molecule has 0 aliphatic rings. The Morgan fingerprint density at radius 2 is 1.31 bits per heavy atom. The van der Waals surface area contributed by atoms with Crippen LogP contribution in [0.1, 0.15) is 48.5 Å². The van der Waals surface area contributed by atoms with E-state index < -0.39 is 0 Å². The fourth-order valence-corrected chi connectivity index (χ4v) is 5.29. The van der Waals surface area contributed by atoms with Crippen LogP contribution < -0.4 is 0 Å². The Hall–Kier alpha value is 0.170. The van der Waals surface area contributed by atoms with Crippen LogP contribution in [0.25, 0.3) is 0 Å². The maximum absolute atomic E-state index is 2.37. The van der Waals surface area contributed by atoms with Gasteiger partial charge in [0.25, 0.3) is 0 Å². The van der Waals surface area contributed by atoms with Crippen molar-refractivity contribution in [2.45, 2.75) is 58.8 Å². The van der Waals surface area contributed by atoms with Crippen molar-refractivity contribution in [1.29, 1.82) is 0 Å². The normalized spacial score (nSPS) is 14.5. The van der Waals surface area contributed by atoms with Crippen LogP contribution in [-0.2, 0) is 0 Å². The van der Waals surface area contributed by atoms with Crippen molar-refractivity contribution in [3.63, 3.8) is 0 Å². The molecule has 0 amide bonds. The van der Waals surface area contributed by atoms with Crippen molar-refractivity contribution in [2.75, 3.05) is 6.16 Å². The Balaban J connectivity index is 4.57. The van der Waals surface area contributed by atoms with Crippen LogP contribution in [-0.4, -0.2) is 16.5 Å². The third-order valence-electron chi connectivity index (χ3n) is 2.14. The molecule has 0 aromatic carbocycles. The van der Waals surface area contributed by atoms with Crippen LogP contribution in [0.5, 0.6) is 0 Å². The molecule has 0 saturated carbocycles. The number of rotatable bonds is 2. The molecule has 0 aromatic rings. The molecule has 0 aliphatic carbocycles. The summed E-state index contributed by atoms with van der Waals surface area (Å²) in [7, 11) is 0.0646. The van der Waals surface area contributed by atoms with Gasteiger partial charge < -0.3 is 0 Å². The van der Waals surface area contributed by atoms with E-state index in [1.54, 1.807) is 0 Å². The van der Waals surface area contributed by atoms with Gasteiger partial charge in [0, 0.05) is 0 Å². The van der Waals surface area contributed by atoms with Gasteiger partial charge in [-0.05, 0) is 23.4 Å². The van der Waals surface area contributed by atoms with Gasteiger partial charge in [0.2, 0.25) is 0 Å². The molecule has 0 bridgehead atoms. The van der Waals surface area contributed by atoms with E-state index in [9.17, 15) is 0 Å². The van der Waals surface area contributed by atoms with Gasteiger partial charge in [-0.3, -0.25) is 0 Å². The summed E-state index contributed by atoms with van der Waals surface area (Å²) in [5.41, 5.74) is 0. The van der Waals surface area contributed by atoms with Gasteiger partial charge in [0.15, 0.2) is 0 Å². The second-order valence-electron chi connectivity index (χ2n) is 5.52. The minimum atomic E-state index is 0.0646. The Kier molecular flexibility index (Phi) is 4.66. The van der Waals surface area contributed by atoms with Crippen LogP contribution in [0.15, 0.2) is 12.2 Å². The zero-order valence-electron chi connectivity index (χ0n) is 10.3. The van der Waals surface area contributed by atoms with Gasteiger partial charge in [-0.15, -0.1) is 0 Å². The molecule has 0 nitrogen and oxygen atoms in total. The van der Waals surface area contributed by atoms with E-state index in [0.29, 0.717) is 10.3 Å². The SMILES string of the molecule is C/C=C/CP(C(C)(C)C)C(C)(C)C. The average Bonchev–Trinajstić information content (AvgIpc) is 1.81. The quantitative estimate of drug-likeness (QED) is 0.450. The predicted molar refractivity (Wildman–Crippen MR) is 66.1 cm³/mol. The molecule has 0 rings (SSSR count). The zero-order chi connectivity index (χ0) is 10.7. The fourth-order valence-electron chi connectivity index (χ4n) is 1.76. The van der Waals surface area contributed by atoms with E-state index >= 15 is 0 Å². The lowest BCUT2D eigenvalue weighted by Gasteiger charge is -2.41. The van der Waals surface area contributed by atoms with Crippen molar-refractivity contribution >= 4 is 7.92 Å². The van der Waals surface area contributed by atoms with Crippen molar-refractivity contribution < 1.29 is 0 Å². The van der Waals surface area contributed by atoms with Crippen LogP contribution in [0.3, 0.4) is 0 Å². The molecule has 0 atom stereocenters. The lowest BCUT2D eigenvalue weighted by Crippen LogP contribution is -2.26. The lowest BCUT2D eigenvalue weighted by molar-refractivity contribution is 0.707. The molecule has 0 N–H and O–H groups in total. The first-order chi connectivity index (χ1) is 5.69. The fraction of sp³-hybridized carbons (Fsp3) is 0.833. The van der Waals surface area contributed by atoms with Crippen molar-refractivity contribution in [3.8, 4) is 0 Å². The highest BCUT2D eigenvalue weighted by Crippen LogP contribution is 2.58. The smallest absolute Gasteiger partial charge is 0.0135 e. The highest BCUT2D eigenvalue weighted by atomic mass is 31.1. The summed E-state index contributed by atoms with van der Waals surface area (Å²) in [6, 6.07) is 0. The van der Waals surface area contributed by atoms with Gasteiger partial charge in [0.05, 0.1) is 0 Å². The van der Waals surface area contributed by atoms with Gasteiger partial charge in [-0.2, -0.15) is 0 Å². The van der Waals surface area contributed by atoms with E-state index in [2.05, 4.69) is 60.6 Å². The van der Waals surface area contributed by atoms with Crippen molar-refractivity contribution in [1.82, 2.24) is 0 Å². The molecule has 0 saturated heterocycles. The summed E-state index contributed by atoms with van der Waals surface area (Å²) in [5, 5.41) is 0.931. The zero-order valence-corrected chi connectivity index (χ0v) is 11.2. The third-order valence-corrected chi connectivity index (χ3v) is 5.96. The average molecular weight is 200 g/mol. The Morgan fingerprint density at radius 3 is 1.54 bits per heavy atom. The highest BCUT2D eigenvalue weighted by molar-refractivity contribution is 7.61. The van der Waals surface area contributed by atoms with E-state index in [-0.39, 0.29) is 7.92 Å². The standard InChI is InChI=1S/C12H25P/c1-8-9-10-13(11(2,3)4)12(5,6)7/h8-9H,10H2,1-7H3/b9-8+. The molecular weight excluding hydrogens is 175 g/mol. The molecule has 0 fully saturated rings. The van der Waals surface area contributed by atoms with E-state index in [4.69, 9.17) is 0 Å². The molecule has 0 spiro atoms. The highest BCUT2D eigenvalue weighted by Gasteiger charge is 2.32. The van der Waals surface area contributed by atoms with Crippen LogP contribution in [0.2, 0.25) is 0 Å². The Morgan fingerprint density at radius 1 is 0.923 bits per heavy atom.